The van der Waals surface area contributed by atoms with Gasteiger partial charge in [-0.3, -0.25) is 0 Å². The highest BCUT2D eigenvalue weighted by atomic mass is 15.3. The second kappa shape index (κ2) is 4.96. The van der Waals surface area contributed by atoms with Gasteiger partial charge in [0.25, 0.3) is 0 Å². The third-order valence-electron chi connectivity index (χ3n) is 2.71. The SMILES string of the molecule is Cc1c(NN)ncnc1NC(C)c1nncn1C. The Hall–Kier alpha value is -2.22. The van der Waals surface area contributed by atoms with E-state index in [1.807, 2.05) is 25.5 Å². The summed E-state index contributed by atoms with van der Waals surface area (Å²) in [5.74, 6) is 7.51. The average molecular weight is 248 g/mol. The van der Waals surface area contributed by atoms with Crippen molar-refractivity contribution in [2.24, 2.45) is 12.9 Å². The molecule has 0 spiro atoms. The number of nitrogens with zero attached hydrogens (tertiary/aromatic N) is 5. The number of hydrazine groups is 1. The molecule has 0 saturated carbocycles. The fourth-order valence-electron chi connectivity index (χ4n) is 1.69. The molecule has 0 fully saturated rings. The molecule has 4 N–H and O–H groups in total. The molecule has 0 aromatic carbocycles. The molecule has 2 aromatic rings. The summed E-state index contributed by atoms with van der Waals surface area (Å²) in [6, 6.07) is -0.0169. The van der Waals surface area contributed by atoms with Gasteiger partial charge in [-0.05, 0) is 13.8 Å². The number of nitrogens with one attached hydrogen (secondary N) is 2. The molecule has 0 amide bonds. The molecule has 8 nitrogen and oxygen atoms in total. The van der Waals surface area contributed by atoms with Gasteiger partial charge in [-0.1, -0.05) is 0 Å². The van der Waals surface area contributed by atoms with Crippen molar-refractivity contribution in [1.82, 2.24) is 24.7 Å². The number of nitrogens with two attached hydrogens (primary N) is 1. The van der Waals surface area contributed by atoms with Gasteiger partial charge in [-0.2, -0.15) is 0 Å². The second-order valence-electron chi connectivity index (χ2n) is 4.01. The molecule has 2 heterocycles. The maximum Gasteiger partial charge on any atom is 0.154 e. The van der Waals surface area contributed by atoms with Crippen LogP contribution in [0, 0.1) is 6.92 Å². The lowest BCUT2D eigenvalue weighted by molar-refractivity contribution is 0.715. The number of anilines is 2. The summed E-state index contributed by atoms with van der Waals surface area (Å²) in [6.45, 7) is 3.88. The van der Waals surface area contributed by atoms with Crippen molar-refractivity contribution in [3.8, 4) is 0 Å². The highest BCUT2D eigenvalue weighted by molar-refractivity contribution is 5.56. The Bertz CT molecular complexity index is 534. The van der Waals surface area contributed by atoms with E-state index in [2.05, 4.69) is 30.9 Å². The summed E-state index contributed by atoms with van der Waals surface area (Å²) in [5, 5.41) is 11.2. The highest BCUT2D eigenvalue weighted by Crippen LogP contribution is 2.21. The molecule has 0 radical (unpaired) electrons. The van der Waals surface area contributed by atoms with E-state index in [1.54, 1.807) is 6.33 Å². The van der Waals surface area contributed by atoms with Gasteiger partial charge in [-0.25, -0.2) is 15.8 Å². The van der Waals surface area contributed by atoms with Crippen LogP contribution in [0.25, 0.3) is 0 Å². The molecule has 0 bridgehead atoms. The smallest absolute Gasteiger partial charge is 0.154 e. The number of nitrogen functional groups attached to an aromatic ring is 1. The lowest BCUT2D eigenvalue weighted by Crippen LogP contribution is -2.16. The predicted molar refractivity (Wildman–Crippen MR) is 67.6 cm³/mol. The van der Waals surface area contributed by atoms with Crippen LogP contribution >= 0.6 is 0 Å². The molecule has 2 aromatic heterocycles. The van der Waals surface area contributed by atoms with Crippen molar-refractivity contribution in [1.29, 1.82) is 0 Å². The Kier molecular flexibility index (Phi) is 3.38. The van der Waals surface area contributed by atoms with E-state index >= 15 is 0 Å². The summed E-state index contributed by atoms with van der Waals surface area (Å²) in [5.41, 5.74) is 3.39. The number of aromatic nitrogens is 5. The zero-order chi connectivity index (χ0) is 13.1. The maximum atomic E-state index is 5.37. The fraction of sp³-hybridized carbons (Fsp3) is 0.400. The van der Waals surface area contributed by atoms with E-state index in [1.165, 1.54) is 6.33 Å². The molecule has 0 saturated heterocycles. The quantitative estimate of drug-likeness (QED) is 0.530. The summed E-state index contributed by atoms with van der Waals surface area (Å²) < 4.78 is 1.86. The average Bonchev–Trinajstić information content (AvgIpc) is 2.78. The predicted octanol–water partition coefficient (Wildman–Crippen LogP) is 0.372. The van der Waals surface area contributed by atoms with Gasteiger partial charge in [0.2, 0.25) is 0 Å². The molecule has 1 unspecified atom stereocenters. The molecule has 0 aliphatic rings. The van der Waals surface area contributed by atoms with Gasteiger partial charge in [0.05, 0.1) is 6.04 Å². The number of hydrogen-bond acceptors (Lipinski definition) is 7. The number of rotatable bonds is 4. The minimum atomic E-state index is -0.0169. The van der Waals surface area contributed by atoms with E-state index in [4.69, 9.17) is 5.84 Å². The van der Waals surface area contributed by atoms with E-state index in [9.17, 15) is 0 Å². The van der Waals surface area contributed by atoms with Crippen molar-refractivity contribution >= 4 is 11.6 Å². The maximum absolute atomic E-state index is 5.37. The Morgan fingerprint density at radius 2 is 2.06 bits per heavy atom. The molecule has 18 heavy (non-hydrogen) atoms. The van der Waals surface area contributed by atoms with Gasteiger partial charge in [-0.15, -0.1) is 10.2 Å². The summed E-state index contributed by atoms with van der Waals surface area (Å²) in [7, 11) is 1.90. The Morgan fingerprint density at radius 1 is 1.33 bits per heavy atom. The molecule has 8 heteroatoms. The van der Waals surface area contributed by atoms with Crippen LogP contribution in [0.5, 0.6) is 0 Å². The Balaban J connectivity index is 2.22. The Morgan fingerprint density at radius 3 is 2.67 bits per heavy atom. The first kappa shape index (κ1) is 12.2. The van der Waals surface area contributed by atoms with Crippen LogP contribution in [0.2, 0.25) is 0 Å². The largest absolute Gasteiger partial charge is 0.360 e. The fourth-order valence-corrected chi connectivity index (χ4v) is 1.69. The van der Waals surface area contributed by atoms with Crippen molar-refractivity contribution < 1.29 is 0 Å². The standard InChI is InChI=1S/C10H16N8/c1-6-8(12-4-13-9(6)16-11)15-7(2)10-17-14-5-18(10)3/h4-5,7H,11H2,1-3H3,(H2,12,13,15,16). The van der Waals surface area contributed by atoms with Gasteiger partial charge in [0.1, 0.15) is 24.3 Å². The van der Waals surface area contributed by atoms with Crippen LogP contribution < -0.4 is 16.6 Å². The van der Waals surface area contributed by atoms with Crippen molar-refractivity contribution in [3.05, 3.63) is 24.0 Å². The molecular formula is C10H16N8. The topological polar surface area (TPSA) is 107 Å². The first-order chi connectivity index (χ1) is 8.63. The van der Waals surface area contributed by atoms with Gasteiger partial charge < -0.3 is 15.3 Å². The molecular weight excluding hydrogens is 232 g/mol. The molecule has 96 valence electrons. The first-order valence-corrected chi connectivity index (χ1v) is 5.52. The van der Waals surface area contributed by atoms with Crippen molar-refractivity contribution in [2.75, 3.05) is 10.7 Å². The van der Waals surface area contributed by atoms with Crippen molar-refractivity contribution in [3.63, 3.8) is 0 Å². The normalized spacial score (nSPS) is 12.2. The first-order valence-electron chi connectivity index (χ1n) is 5.52. The third-order valence-corrected chi connectivity index (χ3v) is 2.71. The lowest BCUT2D eigenvalue weighted by Gasteiger charge is -2.16. The molecule has 0 aliphatic heterocycles. The number of aryl methyl sites for hydroxylation is 1. The molecule has 1 atom stereocenters. The number of hydrogen-bond donors (Lipinski definition) is 3. The Labute approximate surface area is 105 Å². The summed E-state index contributed by atoms with van der Waals surface area (Å²) >= 11 is 0. The van der Waals surface area contributed by atoms with E-state index in [-0.39, 0.29) is 6.04 Å². The zero-order valence-corrected chi connectivity index (χ0v) is 10.5. The van der Waals surface area contributed by atoms with Crippen LogP contribution in [0.3, 0.4) is 0 Å². The molecule has 0 aliphatic carbocycles. The minimum Gasteiger partial charge on any atom is -0.360 e. The van der Waals surface area contributed by atoms with Gasteiger partial charge in [0, 0.05) is 12.6 Å². The summed E-state index contributed by atoms with van der Waals surface area (Å²) in [6.07, 6.45) is 3.11. The minimum absolute atomic E-state index is 0.0169. The van der Waals surface area contributed by atoms with Gasteiger partial charge in [0.15, 0.2) is 5.82 Å². The van der Waals surface area contributed by atoms with Crippen LogP contribution in [0.4, 0.5) is 11.6 Å². The van der Waals surface area contributed by atoms with Crippen LogP contribution in [-0.4, -0.2) is 24.7 Å². The summed E-state index contributed by atoms with van der Waals surface area (Å²) in [4.78, 5) is 8.22. The lowest BCUT2D eigenvalue weighted by atomic mass is 10.2. The zero-order valence-electron chi connectivity index (χ0n) is 10.5. The molecule has 2 rings (SSSR count). The third kappa shape index (κ3) is 2.23. The second-order valence-corrected chi connectivity index (χ2v) is 4.01. The van der Waals surface area contributed by atoms with Crippen LogP contribution in [0.1, 0.15) is 24.4 Å². The van der Waals surface area contributed by atoms with E-state index in [0.717, 1.165) is 11.4 Å². The highest BCUT2D eigenvalue weighted by Gasteiger charge is 2.14. The van der Waals surface area contributed by atoms with Crippen molar-refractivity contribution in [2.45, 2.75) is 19.9 Å². The van der Waals surface area contributed by atoms with Crippen LogP contribution in [0.15, 0.2) is 12.7 Å². The van der Waals surface area contributed by atoms with E-state index < -0.39 is 0 Å². The van der Waals surface area contributed by atoms with E-state index in [0.29, 0.717) is 11.6 Å². The van der Waals surface area contributed by atoms with Crippen LogP contribution in [-0.2, 0) is 7.05 Å². The van der Waals surface area contributed by atoms with Gasteiger partial charge >= 0.3 is 0 Å². The monoisotopic (exact) mass is 248 g/mol.